The van der Waals surface area contributed by atoms with Crippen molar-refractivity contribution in [1.29, 1.82) is 5.26 Å². The number of benzene rings is 1. The number of anilines is 1. The van der Waals surface area contributed by atoms with Gasteiger partial charge in [-0.1, -0.05) is 0 Å². The Morgan fingerprint density at radius 3 is 2.40 bits per heavy atom. The second-order valence-electron chi connectivity index (χ2n) is 9.34. The van der Waals surface area contributed by atoms with E-state index in [-0.39, 0.29) is 24.3 Å². The normalized spacial score (nSPS) is 21.3. The van der Waals surface area contributed by atoms with Crippen molar-refractivity contribution >= 4 is 17.5 Å². The molecule has 0 spiro atoms. The van der Waals surface area contributed by atoms with Gasteiger partial charge in [0.05, 0.1) is 23.1 Å². The van der Waals surface area contributed by atoms with Crippen LogP contribution in [-0.2, 0) is 18.0 Å². The molecule has 35 heavy (non-hydrogen) atoms. The zero-order valence-electron chi connectivity index (χ0n) is 19.5. The summed E-state index contributed by atoms with van der Waals surface area (Å²) in [6.07, 6.45) is -3.32. The smallest absolute Gasteiger partial charge is 0.370 e. The minimum absolute atomic E-state index is 0.104. The molecule has 2 aliphatic heterocycles. The standard InChI is InChI=1S/C24H27F3N6O2/c1-14-9-21(30-31(14)2)23(35)32-7-5-15(6-8-32)18-12-33(13-19(18)22(29)34)17-4-3-16(11-28)20(10-17)24(25,26)27/h3-4,9-10,15,18-19H,5-8,12-13H2,1-2H3,(H2,29,34)/t18-,19+/m0/s1. The average Bonchev–Trinajstić information content (AvgIpc) is 3.41. The van der Waals surface area contributed by atoms with E-state index < -0.39 is 29.1 Å². The van der Waals surface area contributed by atoms with Gasteiger partial charge in [-0.3, -0.25) is 14.3 Å². The number of likely N-dealkylation sites (tertiary alicyclic amines) is 1. The Hall–Kier alpha value is -3.55. The fourth-order valence-electron chi connectivity index (χ4n) is 5.24. The van der Waals surface area contributed by atoms with Gasteiger partial charge in [0.25, 0.3) is 5.91 Å². The minimum atomic E-state index is -4.66. The van der Waals surface area contributed by atoms with Crippen LogP contribution in [-0.4, -0.2) is 52.7 Å². The molecule has 2 fully saturated rings. The summed E-state index contributed by atoms with van der Waals surface area (Å²) in [7, 11) is 1.78. The van der Waals surface area contributed by atoms with Gasteiger partial charge in [-0.2, -0.15) is 23.5 Å². The summed E-state index contributed by atoms with van der Waals surface area (Å²) in [6.45, 7) is 3.49. The number of alkyl halides is 3. The number of amides is 2. The van der Waals surface area contributed by atoms with Crippen molar-refractivity contribution in [1.82, 2.24) is 14.7 Å². The number of aryl methyl sites for hydroxylation is 2. The molecular formula is C24H27F3N6O2. The van der Waals surface area contributed by atoms with Gasteiger partial charge in [0.1, 0.15) is 0 Å². The van der Waals surface area contributed by atoms with Crippen LogP contribution in [0, 0.1) is 36.0 Å². The van der Waals surface area contributed by atoms with E-state index in [2.05, 4.69) is 5.10 Å². The van der Waals surface area contributed by atoms with Crippen molar-refractivity contribution in [3.63, 3.8) is 0 Å². The van der Waals surface area contributed by atoms with E-state index in [4.69, 9.17) is 11.0 Å². The molecule has 8 nitrogen and oxygen atoms in total. The van der Waals surface area contributed by atoms with E-state index in [1.165, 1.54) is 6.07 Å². The topological polar surface area (TPSA) is 108 Å². The Kier molecular flexibility index (Phi) is 6.49. The molecule has 2 saturated heterocycles. The Morgan fingerprint density at radius 1 is 1.17 bits per heavy atom. The summed E-state index contributed by atoms with van der Waals surface area (Å²) in [5.41, 5.74) is 5.84. The maximum absolute atomic E-state index is 13.4. The Labute approximate surface area is 201 Å². The molecular weight excluding hydrogens is 461 g/mol. The number of aromatic nitrogens is 2. The van der Waals surface area contributed by atoms with E-state index in [9.17, 15) is 22.8 Å². The minimum Gasteiger partial charge on any atom is -0.370 e. The summed E-state index contributed by atoms with van der Waals surface area (Å²) in [4.78, 5) is 28.6. The molecule has 0 radical (unpaired) electrons. The van der Waals surface area contributed by atoms with Gasteiger partial charge < -0.3 is 15.5 Å². The van der Waals surface area contributed by atoms with Crippen LogP contribution >= 0.6 is 0 Å². The van der Waals surface area contributed by atoms with Crippen molar-refractivity contribution in [2.75, 3.05) is 31.1 Å². The fraction of sp³-hybridized carbons (Fsp3) is 0.500. The second kappa shape index (κ2) is 9.24. The number of nitrogens with two attached hydrogens (primary N) is 1. The number of hydrogen-bond acceptors (Lipinski definition) is 5. The van der Waals surface area contributed by atoms with Gasteiger partial charge in [-0.25, -0.2) is 0 Å². The van der Waals surface area contributed by atoms with Crippen LogP contribution < -0.4 is 10.6 Å². The molecule has 2 aromatic rings. The lowest BCUT2D eigenvalue weighted by molar-refractivity contribution is -0.137. The van der Waals surface area contributed by atoms with Gasteiger partial charge in [0.15, 0.2) is 5.69 Å². The second-order valence-corrected chi connectivity index (χ2v) is 9.34. The van der Waals surface area contributed by atoms with Crippen LogP contribution in [0.3, 0.4) is 0 Å². The van der Waals surface area contributed by atoms with Crippen LogP contribution in [0.5, 0.6) is 0 Å². The molecule has 4 rings (SSSR count). The number of carbonyl (C=O) groups is 2. The quantitative estimate of drug-likeness (QED) is 0.712. The Morgan fingerprint density at radius 2 is 1.86 bits per heavy atom. The van der Waals surface area contributed by atoms with E-state index in [1.54, 1.807) is 33.7 Å². The third-order valence-corrected chi connectivity index (χ3v) is 7.29. The first-order valence-corrected chi connectivity index (χ1v) is 11.4. The fourth-order valence-corrected chi connectivity index (χ4v) is 5.24. The highest BCUT2D eigenvalue weighted by molar-refractivity contribution is 5.92. The summed E-state index contributed by atoms with van der Waals surface area (Å²) in [5.74, 6) is -1.15. The van der Waals surface area contributed by atoms with Crippen molar-refractivity contribution in [2.45, 2.75) is 25.9 Å². The zero-order chi connectivity index (χ0) is 25.5. The molecule has 2 N–H and O–H groups in total. The first-order valence-electron chi connectivity index (χ1n) is 11.4. The number of hydrogen-bond donors (Lipinski definition) is 1. The van der Waals surface area contributed by atoms with Gasteiger partial charge in [-0.15, -0.1) is 0 Å². The van der Waals surface area contributed by atoms with Crippen LogP contribution in [0.2, 0.25) is 0 Å². The SMILES string of the molecule is Cc1cc(C(=O)N2CCC([C@@H]3CN(c4ccc(C#N)c(C(F)(F)F)c4)C[C@H]3C(N)=O)CC2)nn1C. The lowest BCUT2D eigenvalue weighted by atomic mass is 9.78. The molecule has 186 valence electrons. The number of nitriles is 1. The summed E-state index contributed by atoms with van der Waals surface area (Å²) < 4.78 is 42.0. The number of halogens is 3. The highest BCUT2D eigenvalue weighted by atomic mass is 19.4. The van der Waals surface area contributed by atoms with Gasteiger partial charge in [-0.05, 0) is 55.9 Å². The predicted molar refractivity (Wildman–Crippen MR) is 121 cm³/mol. The van der Waals surface area contributed by atoms with Crippen molar-refractivity contribution < 1.29 is 22.8 Å². The summed E-state index contributed by atoms with van der Waals surface area (Å²) >= 11 is 0. The molecule has 2 aliphatic rings. The van der Waals surface area contributed by atoms with Crippen LogP contribution in [0.25, 0.3) is 0 Å². The first-order chi connectivity index (χ1) is 16.5. The molecule has 0 saturated carbocycles. The number of piperidine rings is 1. The third kappa shape index (κ3) is 4.83. The number of rotatable bonds is 4. The summed E-state index contributed by atoms with van der Waals surface area (Å²) in [6, 6.07) is 6.94. The molecule has 2 amide bonds. The summed E-state index contributed by atoms with van der Waals surface area (Å²) in [5, 5.41) is 13.3. The largest absolute Gasteiger partial charge is 0.417 e. The molecule has 0 aliphatic carbocycles. The number of primary amides is 1. The highest BCUT2D eigenvalue weighted by Gasteiger charge is 2.43. The van der Waals surface area contributed by atoms with E-state index >= 15 is 0 Å². The van der Waals surface area contributed by atoms with E-state index in [0.717, 1.165) is 17.8 Å². The molecule has 1 aromatic carbocycles. The lowest BCUT2D eigenvalue weighted by Gasteiger charge is -2.35. The zero-order valence-corrected chi connectivity index (χ0v) is 19.5. The molecule has 11 heteroatoms. The third-order valence-electron chi connectivity index (χ3n) is 7.29. The number of nitrogens with zero attached hydrogens (tertiary/aromatic N) is 5. The average molecular weight is 489 g/mol. The molecule has 2 atom stereocenters. The Balaban J connectivity index is 1.48. The van der Waals surface area contributed by atoms with Gasteiger partial charge >= 0.3 is 6.18 Å². The van der Waals surface area contributed by atoms with E-state index in [0.29, 0.717) is 43.9 Å². The first kappa shape index (κ1) is 24.6. The highest BCUT2D eigenvalue weighted by Crippen LogP contribution is 2.40. The number of carbonyl (C=O) groups excluding carboxylic acids is 2. The predicted octanol–water partition coefficient (Wildman–Crippen LogP) is 2.71. The van der Waals surface area contributed by atoms with Crippen molar-refractivity contribution in [3.8, 4) is 6.07 Å². The van der Waals surface area contributed by atoms with Crippen LogP contribution in [0.15, 0.2) is 24.3 Å². The maximum Gasteiger partial charge on any atom is 0.417 e. The van der Waals surface area contributed by atoms with Crippen LogP contribution in [0.4, 0.5) is 18.9 Å². The Bertz CT molecular complexity index is 1160. The van der Waals surface area contributed by atoms with E-state index in [1.807, 2.05) is 6.92 Å². The van der Waals surface area contributed by atoms with Crippen molar-refractivity contribution in [3.05, 3.63) is 46.8 Å². The maximum atomic E-state index is 13.4. The molecule has 1 aromatic heterocycles. The van der Waals surface area contributed by atoms with Crippen LogP contribution in [0.1, 0.15) is 40.2 Å². The lowest BCUT2D eigenvalue weighted by Crippen LogP contribution is -2.42. The van der Waals surface area contributed by atoms with Gasteiger partial charge in [0.2, 0.25) is 5.91 Å². The molecule has 0 bridgehead atoms. The van der Waals surface area contributed by atoms with Crippen molar-refractivity contribution in [2.24, 2.45) is 30.5 Å². The monoisotopic (exact) mass is 488 g/mol. The van der Waals surface area contributed by atoms with Gasteiger partial charge in [0, 0.05) is 44.6 Å². The molecule has 3 heterocycles. The molecule has 0 unspecified atom stereocenters.